The van der Waals surface area contributed by atoms with Crippen molar-refractivity contribution in [1.29, 1.82) is 0 Å². The predicted octanol–water partition coefficient (Wildman–Crippen LogP) is 10.1. The van der Waals surface area contributed by atoms with Gasteiger partial charge in [-0.15, -0.1) is 0 Å². The summed E-state index contributed by atoms with van der Waals surface area (Å²) in [5.74, 6) is 0. The summed E-state index contributed by atoms with van der Waals surface area (Å²) in [6.45, 7) is 0. The molecule has 0 spiro atoms. The molecule has 1 aliphatic rings. The Kier molecular flexibility index (Phi) is 5.12. The normalized spacial score (nSPS) is 13.0. The molecule has 0 nitrogen and oxygen atoms in total. The van der Waals surface area contributed by atoms with Gasteiger partial charge in [-0.1, -0.05) is 127 Å². The van der Waals surface area contributed by atoms with Gasteiger partial charge in [0.05, 0.1) is 0 Å². The molecule has 9 rings (SSSR count). The van der Waals surface area contributed by atoms with Crippen LogP contribution in [0.3, 0.4) is 0 Å². The van der Waals surface area contributed by atoms with Crippen molar-refractivity contribution in [3.05, 3.63) is 144 Å². The van der Waals surface area contributed by atoms with E-state index in [-0.39, 0.29) is 0 Å². The van der Waals surface area contributed by atoms with Gasteiger partial charge in [0, 0.05) is 0 Å². The number of hydrogen-bond acceptors (Lipinski definition) is 0. The molecule has 8 aromatic rings. The van der Waals surface area contributed by atoms with E-state index in [1.807, 2.05) is 0 Å². The Morgan fingerprint density at radius 1 is 0.310 bits per heavy atom. The van der Waals surface area contributed by atoms with E-state index in [0.717, 1.165) is 12.8 Å². The third kappa shape index (κ3) is 3.42. The van der Waals surface area contributed by atoms with Crippen LogP contribution in [0.2, 0.25) is 0 Å². The van der Waals surface area contributed by atoms with Gasteiger partial charge < -0.3 is 0 Å². The number of fused-ring (bicyclic) bond motifs is 7. The second-order valence-corrected chi connectivity index (χ2v) is 11.5. The SMILES string of the molecule is C1=c2cc3c(-c4c5ccccc5c(-c5cccc6ccccc56)c5ccccc45)cc4ccccc4c3cc2=CCC1. The van der Waals surface area contributed by atoms with E-state index in [1.165, 1.54) is 86.6 Å². The summed E-state index contributed by atoms with van der Waals surface area (Å²) in [6, 6.07) is 49.7. The smallest absolute Gasteiger partial charge is 0.00199 e. The first-order chi connectivity index (χ1) is 20.8. The van der Waals surface area contributed by atoms with Crippen molar-refractivity contribution >= 4 is 66.0 Å². The van der Waals surface area contributed by atoms with Gasteiger partial charge in [0.2, 0.25) is 0 Å². The van der Waals surface area contributed by atoms with Crippen LogP contribution in [0.1, 0.15) is 12.8 Å². The average Bonchev–Trinajstić information content (AvgIpc) is 3.06. The molecule has 0 fully saturated rings. The van der Waals surface area contributed by atoms with Crippen LogP contribution < -0.4 is 10.4 Å². The molecule has 196 valence electrons. The van der Waals surface area contributed by atoms with Crippen molar-refractivity contribution in [2.24, 2.45) is 0 Å². The van der Waals surface area contributed by atoms with Gasteiger partial charge in [0.1, 0.15) is 0 Å². The van der Waals surface area contributed by atoms with Crippen molar-refractivity contribution in [2.45, 2.75) is 12.8 Å². The third-order valence-corrected chi connectivity index (χ3v) is 9.22. The van der Waals surface area contributed by atoms with Crippen molar-refractivity contribution in [1.82, 2.24) is 0 Å². The van der Waals surface area contributed by atoms with E-state index in [0.29, 0.717) is 0 Å². The lowest BCUT2D eigenvalue weighted by atomic mass is 9.82. The first-order valence-electron chi connectivity index (χ1n) is 14.9. The van der Waals surface area contributed by atoms with Crippen LogP contribution in [-0.2, 0) is 0 Å². The maximum absolute atomic E-state index is 2.45. The standard InChI is InChI=1S/C42H28/c1-2-14-29-25-39-38(24-28(29)13-1)32-18-6-4-15-30(32)26-40(39)42-36-21-9-7-19-34(36)41(35-20-8-10-22-37(35)42)33-23-11-16-27-12-3-5-17-31(27)33/h3-26H,1-2H2. The molecule has 0 bridgehead atoms. The second-order valence-electron chi connectivity index (χ2n) is 11.5. The Hall–Kier alpha value is -5.20. The molecule has 1 aliphatic carbocycles. The minimum Gasteiger partial charge on any atom is -0.0763 e. The molecule has 0 saturated carbocycles. The van der Waals surface area contributed by atoms with Gasteiger partial charge >= 0.3 is 0 Å². The van der Waals surface area contributed by atoms with Gasteiger partial charge in [-0.25, -0.2) is 0 Å². The highest BCUT2D eigenvalue weighted by Crippen LogP contribution is 2.47. The number of benzene rings is 8. The Balaban J connectivity index is 1.50. The van der Waals surface area contributed by atoms with Crippen molar-refractivity contribution in [3.63, 3.8) is 0 Å². The fraction of sp³-hybridized carbons (Fsp3) is 0.0476. The van der Waals surface area contributed by atoms with Crippen LogP contribution in [0, 0.1) is 0 Å². The van der Waals surface area contributed by atoms with E-state index in [9.17, 15) is 0 Å². The molecule has 0 heterocycles. The number of hydrogen-bond donors (Lipinski definition) is 0. The molecule has 0 unspecified atom stereocenters. The summed E-state index contributed by atoms with van der Waals surface area (Å²) in [6.07, 6.45) is 7.03. The molecule has 0 radical (unpaired) electrons. The van der Waals surface area contributed by atoms with Gasteiger partial charge in [-0.05, 0) is 118 Å². The van der Waals surface area contributed by atoms with Gasteiger partial charge in [0.25, 0.3) is 0 Å². The van der Waals surface area contributed by atoms with Gasteiger partial charge in [-0.2, -0.15) is 0 Å². The van der Waals surface area contributed by atoms with Crippen molar-refractivity contribution in [2.75, 3.05) is 0 Å². The molecular formula is C42H28. The summed E-state index contributed by atoms with van der Waals surface area (Å²) >= 11 is 0. The van der Waals surface area contributed by atoms with E-state index in [2.05, 4.69) is 146 Å². The summed E-state index contributed by atoms with van der Waals surface area (Å²) in [5.41, 5.74) is 5.23. The van der Waals surface area contributed by atoms with Gasteiger partial charge in [0.15, 0.2) is 0 Å². The van der Waals surface area contributed by atoms with Gasteiger partial charge in [-0.3, -0.25) is 0 Å². The first kappa shape index (κ1) is 23.5. The molecule has 0 amide bonds. The summed E-state index contributed by atoms with van der Waals surface area (Å²) in [5, 5.41) is 15.7. The van der Waals surface area contributed by atoms with Crippen LogP contribution in [-0.4, -0.2) is 0 Å². The lowest BCUT2D eigenvalue weighted by Gasteiger charge is -2.20. The Bertz CT molecular complexity index is 2450. The van der Waals surface area contributed by atoms with Crippen LogP contribution in [0.5, 0.6) is 0 Å². The van der Waals surface area contributed by atoms with Crippen LogP contribution in [0.25, 0.3) is 88.3 Å². The quantitative estimate of drug-likeness (QED) is 0.153. The lowest BCUT2D eigenvalue weighted by Crippen LogP contribution is -2.26. The summed E-state index contributed by atoms with van der Waals surface area (Å²) in [7, 11) is 0. The fourth-order valence-corrected chi connectivity index (χ4v) is 7.37. The topological polar surface area (TPSA) is 0 Å². The van der Waals surface area contributed by atoms with Crippen molar-refractivity contribution in [3.8, 4) is 22.3 Å². The maximum Gasteiger partial charge on any atom is -0.00199 e. The molecule has 0 heteroatoms. The van der Waals surface area contributed by atoms with Crippen LogP contribution >= 0.6 is 0 Å². The highest BCUT2D eigenvalue weighted by Gasteiger charge is 2.20. The average molecular weight is 533 g/mol. The molecule has 8 aromatic carbocycles. The minimum absolute atomic E-state index is 1.10. The molecule has 42 heavy (non-hydrogen) atoms. The minimum atomic E-state index is 1.10. The zero-order valence-electron chi connectivity index (χ0n) is 23.3. The predicted molar refractivity (Wildman–Crippen MR) is 182 cm³/mol. The Morgan fingerprint density at radius 3 is 1.43 bits per heavy atom. The Labute approximate surface area is 244 Å². The molecule has 0 saturated heterocycles. The largest absolute Gasteiger partial charge is 0.0763 e. The highest BCUT2D eigenvalue weighted by molar-refractivity contribution is 6.27. The van der Waals surface area contributed by atoms with Crippen LogP contribution in [0.4, 0.5) is 0 Å². The monoisotopic (exact) mass is 532 g/mol. The number of rotatable bonds is 2. The Morgan fingerprint density at radius 2 is 0.786 bits per heavy atom. The zero-order chi connectivity index (χ0) is 27.6. The van der Waals surface area contributed by atoms with Crippen LogP contribution in [0.15, 0.2) is 133 Å². The molecule has 0 atom stereocenters. The van der Waals surface area contributed by atoms with E-state index in [1.54, 1.807) is 0 Å². The summed E-state index contributed by atoms with van der Waals surface area (Å²) in [4.78, 5) is 0. The fourth-order valence-electron chi connectivity index (χ4n) is 7.37. The molecular weight excluding hydrogens is 504 g/mol. The van der Waals surface area contributed by atoms with E-state index >= 15 is 0 Å². The summed E-state index contributed by atoms with van der Waals surface area (Å²) < 4.78 is 0. The lowest BCUT2D eigenvalue weighted by molar-refractivity contribution is 1.12. The maximum atomic E-state index is 2.45. The molecule has 0 aromatic heterocycles. The zero-order valence-corrected chi connectivity index (χ0v) is 23.3. The molecule has 0 N–H and O–H groups in total. The highest BCUT2D eigenvalue weighted by atomic mass is 14.2. The first-order valence-corrected chi connectivity index (χ1v) is 14.9. The second kappa shape index (κ2) is 9.16. The van der Waals surface area contributed by atoms with E-state index in [4.69, 9.17) is 0 Å². The van der Waals surface area contributed by atoms with Crippen molar-refractivity contribution < 1.29 is 0 Å². The third-order valence-electron chi connectivity index (χ3n) is 9.22. The van der Waals surface area contributed by atoms with E-state index < -0.39 is 0 Å². The molecule has 0 aliphatic heterocycles.